The molecule has 0 heterocycles. The number of benzene rings is 1. The summed E-state index contributed by atoms with van der Waals surface area (Å²) < 4.78 is 13.4. The van der Waals surface area contributed by atoms with Crippen LogP contribution < -0.4 is 0 Å². The molecule has 0 saturated heterocycles. The van der Waals surface area contributed by atoms with Gasteiger partial charge in [0.15, 0.2) is 0 Å². The molecule has 2 rings (SSSR count). The SMILES string of the molecule is OC1CC=C(c2ccccc2F)CC1. The van der Waals surface area contributed by atoms with Crippen LogP contribution in [-0.4, -0.2) is 11.2 Å². The van der Waals surface area contributed by atoms with Crippen molar-refractivity contribution >= 4 is 5.57 Å². The lowest BCUT2D eigenvalue weighted by molar-refractivity contribution is 0.166. The molecule has 1 nitrogen and oxygen atoms in total. The van der Waals surface area contributed by atoms with Crippen molar-refractivity contribution in [3.05, 3.63) is 41.7 Å². The van der Waals surface area contributed by atoms with Crippen LogP contribution in [0.2, 0.25) is 0 Å². The van der Waals surface area contributed by atoms with Crippen molar-refractivity contribution in [2.75, 3.05) is 0 Å². The summed E-state index contributed by atoms with van der Waals surface area (Å²) in [6, 6.07) is 6.79. The van der Waals surface area contributed by atoms with E-state index in [1.807, 2.05) is 12.1 Å². The Labute approximate surface area is 82.9 Å². The van der Waals surface area contributed by atoms with Gasteiger partial charge in [-0.3, -0.25) is 0 Å². The van der Waals surface area contributed by atoms with Gasteiger partial charge in [0.1, 0.15) is 5.82 Å². The molecule has 1 aromatic carbocycles. The van der Waals surface area contributed by atoms with Gasteiger partial charge in [-0.05, 0) is 30.9 Å². The molecule has 1 aliphatic rings. The zero-order valence-electron chi connectivity index (χ0n) is 7.91. The maximum Gasteiger partial charge on any atom is 0.130 e. The second-order valence-corrected chi connectivity index (χ2v) is 3.64. The number of rotatable bonds is 1. The van der Waals surface area contributed by atoms with Crippen LogP contribution in [0.4, 0.5) is 4.39 Å². The first-order valence-electron chi connectivity index (χ1n) is 4.89. The number of hydrogen-bond donors (Lipinski definition) is 1. The van der Waals surface area contributed by atoms with Gasteiger partial charge in [-0.25, -0.2) is 4.39 Å². The van der Waals surface area contributed by atoms with Gasteiger partial charge in [0.2, 0.25) is 0 Å². The van der Waals surface area contributed by atoms with Crippen molar-refractivity contribution < 1.29 is 9.50 Å². The van der Waals surface area contributed by atoms with E-state index in [0.29, 0.717) is 12.0 Å². The maximum atomic E-state index is 13.4. The molecule has 0 aromatic heterocycles. The Balaban J connectivity index is 2.28. The molecule has 1 unspecified atom stereocenters. The number of aliphatic hydroxyl groups is 1. The van der Waals surface area contributed by atoms with Crippen molar-refractivity contribution in [1.82, 2.24) is 0 Å². The third-order valence-electron chi connectivity index (χ3n) is 2.60. The second-order valence-electron chi connectivity index (χ2n) is 3.64. The largest absolute Gasteiger partial charge is 0.393 e. The lowest BCUT2D eigenvalue weighted by Gasteiger charge is -2.17. The number of hydrogen-bond acceptors (Lipinski definition) is 1. The van der Waals surface area contributed by atoms with Crippen LogP contribution in [0.25, 0.3) is 5.57 Å². The lowest BCUT2D eigenvalue weighted by atomic mass is 9.92. The van der Waals surface area contributed by atoms with Crippen LogP contribution in [0.3, 0.4) is 0 Å². The predicted octanol–water partition coefficient (Wildman–Crippen LogP) is 2.75. The second kappa shape index (κ2) is 3.93. The number of allylic oxidation sites excluding steroid dienone is 1. The fraction of sp³-hybridized carbons (Fsp3) is 0.333. The maximum absolute atomic E-state index is 13.4. The topological polar surface area (TPSA) is 20.2 Å². The molecule has 14 heavy (non-hydrogen) atoms. The number of aliphatic hydroxyl groups excluding tert-OH is 1. The molecule has 0 aliphatic heterocycles. The lowest BCUT2D eigenvalue weighted by Crippen LogP contribution is -2.10. The van der Waals surface area contributed by atoms with E-state index in [1.165, 1.54) is 6.07 Å². The molecule has 1 aromatic rings. The summed E-state index contributed by atoms with van der Waals surface area (Å²) in [5, 5.41) is 9.30. The summed E-state index contributed by atoms with van der Waals surface area (Å²) in [6.07, 6.45) is 3.84. The molecule has 0 saturated carbocycles. The van der Waals surface area contributed by atoms with Crippen molar-refractivity contribution in [3.63, 3.8) is 0 Å². The van der Waals surface area contributed by atoms with Gasteiger partial charge in [-0.15, -0.1) is 0 Å². The summed E-state index contributed by atoms with van der Waals surface area (Å²) in [5.74, 6) is -0.171. The van der Waals surface area contributed by atoms with E-state index < -0.39 is 0 Å². The van der Waals surface area contributed by atoms with Crippen LogP contribution >= 0.6 is 0 Å². The standard InChI is InChI=1S/C12H13FO/c13-12-4-2-1-3-11(12)9-5-7-10(14)8-6-9/h1-5,10,14H,6-8H2. The van der Waals surface area contributed by atoms with Gasteiger partial charge in [-0.1, -0.05) is 24.3 Å². The third kappa shape index (κ3) is 1.85. The monoisotopic (exact) mass is 192 g/mol. The molecule has 0 spiro atoms. The van der Waals surface area contributed by atoms with E-state index in [-0.39, 0.29) is 11.9 Å². The Bertz CT molecular complexity index is 357. The zero-order valence-corrected chi connectivity index (χ0v) is 7.91. The average Bonchev–Trinajstić information content (AvgIpc) is 2.20. The molecule has 1 aliphatic carbocycles. The molecule has 0 fully saturated rings. The highest BCUT2D eigenvalue weighted by molar-refractivity contribution is 5.66. The van der Waals surface area contributed by atoms with Gasteiger partial charge >= 0.3 is 0 Å². The molecule has 1 N–H and O–H groups in total. The zero-order chi connectivity index (χ0) is 9.97. The Kier molecular flexibility index (Phi) is 2.64. The first kappa shape index (κ1) is 9.41. The summed E-state index contributed by atoms with van der Waals surface area (Å²) in [6.45, 7) is 0. The smallest absolute Gasteiger partial charge is 0.130 e. The van der Waals surface area contributed by atoms with E-state index in [0.717, 1.165) is 18.4 Å². The van der Waals surface area contributed by atoms with Crippen molar-refractivity contribution in [2.45, 2.75) is 25.4 Å². The van der Waals surface area contributed by atoms with Gasteiger partial charge in [0.05, 0.1) is 6.10 Å². The fourth-order valence-corrected chi connectivity index (χ4v) is 1.79. The highest BCUT2D eigenvalue weighted by Gasteiger charge is 2.14. The Morgan fingerprint density at radius 1 is 1.29 bits per heavy atom. The third-order valence-corrected chi connectivity index (χ3v) is 2.60. The Hall–Kier alpha value is -1.15. The first-order chi connectivity index (χ1) is 6.77. The van der Waals surface area contributed by atoms with Crippen LogP contribution in [0, 0.1) is 5.82 Å². The molecule has 1 atom stereocenters. The summed E-state index contributed by atoms with van der Waals surface area (Å²) in [4.78, 5) is 0. The summed E-state index contributed by atoms with van der Waals surface area (Å²) in [7, 11) is 0. The summed E-state index contributed by atoms with van der Waals surface area (Å²) in [5.41, 5.74) is 1.70. The highest BCUT2D eigenvalue weighted by atomic mass is 19.1. The average molecular weight is 192 g/mol. The van der Waals surface area contributed by atoms with Gasteiger partial charge in [0, 0.05) is 5.56 Å². The Morgan fingerprint density at radius 2 is 2.07 bits per heavy atom. The van der Waals surface area contributed by atoms with Crippen LogP contribution in [0.1, 0.15) is 24.8 Å². The van der Waals surface area contributed by atoms with E-state index >= 15 is 0 Å². The Morgan fingerprint density at radius 3 is 2.71 bits per heavy atom. The minimum Gasteiger partial charge on any atom is -0.393 e. The van der Waals surface area contributed by atoms with Gasteiger partial charge < -0.3 is 5.11 Å². The molecular formula is C12H13FO. The van der Waals surface area contributed by atoms with E-state index in [4.69, 9.17) is 0 Å². The van der Waals surface area contributed by atoms with E-state index in [1.54, 1.807) is 12.1 Å². The van der Waals surface area contributed by atoms with Gasteiger partial charge in [-0.2, -0.15) is 0 Å². The molecule has 0 radical (unpaired) electrons. The van der Waals surface area contributed by atoms with E-state index in [9.17, 15) is 9.50 Å². The minimum absolute atomic E-state index is 0.171. The molecule has 2 heteroatoms. The van der Waals surface area contributed by atoms with Gasteiger partial charge in [0.25, 0.3) is 0 Å². The molecule has 74 valence electrons. The van der Waals surface area contributed by atoms with E-state index in [2.05, 4.69) is 0 Å². The van der Waals surface area contributed by atoms with Crippen molar-refractivity contribution in [1.29, 1.82) is 0 Å². The summed E-state index contributed by atoms with van der Waals surface area (Å²) >= 11 is 0. The molecule has 0 bridgehead atoms. The normalized spacial score (nSPS) is 21.9. The predicted molar refractivity (Wildman–Crippen MR) is 54.2 cm³/mol. The van der Waals surface area contributed by atoms with Crippen molar-refractivity contribution in [3.8, 4) is 0 Å². The quantitative estimate of drug-likeness (QED) is 0.725. The fourth-order valence-electron chi connectivity index (χ4n) is 1.79. The molecule has 0 amide bonds. The van der Waals surface area contributed by atoms with Crippen LogP contribution in [0.5, 0.6) is 0 Å². The minimum atomic E-state index is -0.245. The number of halogens is 1. The highest BCUT2D eigenvalue weighted by Crippen LogP contribution is 2.28. The van der Waals surface area contributed by atoms with Crippen LogP contribution in [0.15, 0.2) is 30.3 Å². The van der Waals surface area contributed by atoms with Crippen molar-refractivity contribution in [2.24, 2.45) is 0 Å². The molecular weight excluding hydrogens is 179 g/mol. The van der Waals surface area contributed by atoms with Crippen LogP contribution in [-0.2, 0) is 0 Å². The first-order valence-corrected chi connectivity index (χ1v) is 4.89.